The Hall–Kier alpha value is -1.40. The van der Waals surface area contributed by atoms with Crippen molar-refractivity contribution in [3.63, 3.8) is 0 Å². The highest BCUT2D eigenvalue weighted by molar-refractivity contribution is 7.16. The first-order valence-electron chi connectivity index (χ1n) is 5.66. The maximum atomic E-state index is 8.68. The Labute approximate surface area is 104 Å². The Morgan fingerprint density at radius 2 is 2.18 bits per heavy atom. The van der Waals surface area contributed by atoms with E-state index in [0.29, 0.717) is 5.95 Å². The quantitative estimate of drug-likeness (QED) is 0.683. The lowest BCUT2D eigenvalue weighted by Gasteiger charge is -2.06. The number of aliphatic hydroxyl groups excluding tert-OH is 1. The van der Waals surface area contributed by atoms with E-state index in [1.807, 2.05) is 11.4 Å². The monoisotopic (exact) mass is 252 g/mol. The molecule has 2 rings (SSSR count). The molecule has 0 spiro atoms. The number of anilines is 2. The summed E-state index contributed by atoms with van der Waals surface area (Å²) in [4.78, 5) is 9.28. The number of rotatable bonds is 6. The van der Waals surface area contributed by atoms with Crippen LogP contribution in [0.5, 0.6) is 0 Å². The Bertz CT molecular complexity index is 485. The van der Waals surface area contributed by atoms with Crippen molar-refractivity contribution in [3.05, 3.63) is 11.4 Å². The average molecular weight is 252 g/mol. The van der Waals surface area contributed by atoms with Crippen LogP contribution in [0.25, 0.3) is 10.2 Å². The van der Waals surface area contributed by atoms with E-state index in [4.69, 9.17) is 10.8 Å². The summed E-state index contributed by atoms with van der Waals surface area (Å²) in [5.74, 6) is 1.11. The Balaban J connectivity index is 2.00. The number of nitrogens with two attached hydrogens (primary N) is 1. The molecule has 0 saturated carbocycles. The number of hydrogen-bond donors (Lipinski definition) is 3. The summed E-state index contributed by atoms with van der Waals surface area (Å²) in [6.07, 6.45) is 2.87. The molecule has 5 nitrogen and oxygen atoms in total. The van der Waals surface area contributed by atoms with Crippen LogP contribution in [0.1, 0.15) is 19.3 Å². The second kappa shape index (κ2) is 5.79. The van der Waals surface area contributed by atoms with Gasteiger partial charge in [-0.15, -0.1) is 11.3 Å². The second-order valence-electron chi connectivity index (χ2n) is 3.78. The molecule has 0 aliphatic rings. The smallest absolute Gasteiger partial charge is 0.223 e. The molecule has 2 aromatic heterocycles. The number of unbranched alkanes of at least 4 members (excludes halogenated alkanes) is 2. The predicted molar refractivity (Wildman–Crippen MR) is 71.3 cm³/mol. The molecule has 0 saturated heterocycles. The van der Waals surface area contributed by atoms with Gasteiger partial charge in [-0.25, -0.2) is 4.98 Å². The lowest BCUT2D eigenvalue weighted by Crippen LogP contribution is -2.06. The zero-order valence-electron chi connectivity index (χ0n) is 9.52. The lowest BCUT2D eigenvalue weighted by molar-refractivity contribution is 0.283. The van der Waals surface area contributed by atoms with Gasteiger partial charge in [-0.3, -0.25) is 0 Å². The van der Waals surface area contributed by atoms with Crippen LogP contribution in [0.3, 0.4) is 0 Å². The molecule has 0 fully saturated rings. The molecular formula is C11H16N4OS. The fourth-order valence-electron chi connectivity index (χ4n) is 1.63. The third kappa shape index (κ3) is 3.04. The Morgan fingerprint density at radius 3 is 3.00 bits per heavy atom. The minimum Gasteiger partial charge on any atom is -0.396 e. The second-order valence-corrected chi connectivity index (χ2v) is 4.68. The van der Waals surface area contributed by atoms with Gasteiger partial charge < -0.3 is 16.2 Å². The van der Waals surface area contributed by atoms with Gasteiger partial charge in [0.2, 0.25) is 5.95 Å². The van der Waals surface area contributed by atoms with E-state index in [9.17, 15) is 0 Å². The third-order valence-electron chi connectivity index (χ3n) is 2.47. The lowest BCUT2D eigenvalue weighted by atomic mass is 10.2. The molecule has 6 heteroatoms. The van der Waals surface area contributed by atoms with Gasteiger partial charge in [0.25, 0.3) is 0 Å². The molecule has 0 aliphatic carbocycles. The number of nitrogen functional groups attached to an aromatic ring is 1. The summed E-state index contributed by atoms with van der Waals surface area (Å²) < 4.78 is 0. The molecule has 0 radical (unpaired) electrons. The van der Waals surface area contributed by atoms with Crippen LogP contribution in [0.4, 0.5) is 11.8 Å². The van der Waals surface area contributed by atoms with E-state index >= 15 is 0 Å². The molecular weight excluding hydrogens is 236 g/mol. The number of hydrogen-bond acceptors (Lipinski definition) is 6. The van der Waals surface area contributed by atoms with Crippen molar-refractivity contribution >= 4 is 33.3 Å². The Morgan fingerprint density at radius 1 is 1.29 bits per heavy atom. The average Bonchev–Trinajstić information content (AvgIpc) is 2.76. The molecule has 0 unspecified atom stereocenters. The van der Waals surface area contributed by atoms with Crippen molar-refractivity contribution < 1.29 is 5.11 Å². The largest absolute Gasteiger partial charge is 0.396 e. The maximum Gasteiger partial charge on any atom is 0.223 e. The fourth-order valence-corrected chi connectivity index (χ4v) is 2.40. The number of aliphatic hydroxyl groups is 1. The summed E-state index contributed by atoms with van der Waals surface area (Å²) in [6.45, 7) is 1.09. The first-order valence-corrected chi connectivity index (χ1v) is 6.54. The van der Waals surface area contributed by atoms with Crippen molar-refractivity contribution in [2.24, 2.45) is 0 Å². The van der Waals surface area contributed by atoms with Crippen LogP contribution in [-0.4, -0.2) is 28.2 Å². The molecule has 0 bridgehead atoms. The molecule has 4 N–H and O–H groups in total. The fraction of sp³-hybridized carbons (Fsp3) is 0.455. The molecule has 0 amide bonds. The van der Waals surface area contributed by atoms with Crippen LogP contribution in [-0.2, 0) is 0 Å². The summed E-state index contributed by atoms with van der Waals surface area (Å²) in [7, 11) is 0. The first kappa shape index (κ1) is 12.1. The normalized spacial score (nSPS) is 10.9. The first-order chi connectivity index (χ1) is 8.31. The zero-order valence-corrected chi connectivity index (χ0v) is 10.3. The number of aromatic nitrogens is 2. The van der Waals surface area contributed by atoms with Gasteiger partial charge in [-0.2, -0.15) is 4.98 Å². The van der Waals surface area contributed by atoms with Crippen molar-refractivity contribution in [1.82, 2.24) is 9.97 Å². The summed E-state index contributed by atoms with van der Waals surface area (Å²) in [5.41, 5.74) is 5.65. The SMILES string of the molecule is Nc1nc(NCCCCCO)c2ccsc2n1. The number of fused-ring (bicyclic) bond motifs is 1. The molecule has 2 heterocycles. The van der Waals surface area contributed by atoms with Gasteiger partial charge in [0.15, 0.2) is 0 Å². The van der Waals surface area contributed by atoms with E-state index in [2.05, 4.69) is 15.3 Å². The highest BCUT2D eigenvalue weighted by Gasteiger charge is 2.06. The molecule has 92 valence electrons. The van der Waals surface area contributed by atoms with Crippen molar-refractivity contribution in [2.75, 3.05) is 24.2 Å². The van der Waals surface area contributed by atoms with Gasteiger partial charge in [0.1, 0.15) is 10.6 Å². The van der Waals surface area contributed by atoms with Crippen molar-refractivity contribution in [3.8, 4) is 0 Å². The van der Waals surface area contributed by atoms with Crippen LogP contribution in [0.15, 0.2) is 11.4 Å². The Kier molecular flexibility index (Phi) is 4.11. The summed E-state index contributed by atoms with van der Waals surface area (Å²) >= 11 is 1.56. The topological polar surface area (TPSA) is 84.1 Å². The standard InChI is InChI=1S/C11H16N4OS/c12-11-14-9(13-5-2-1-3-6-16)8-4-7-17-10(8)15-11/h4,7,16H,1-3,5-6H2,(H3,12,13,14,15). The summed E-state index contributed by atoms with van der Waals surface area (Å²) in [5, 5.41) is 14.9. The van der Waals surface area contributed by atoms with Gasteiger partial charge in [-0.1, -0.05) is 0 Å². The minimum absolute atomic E-state index is 0.259. The zero-order chi connectivity index (χ0) is 12.1. The van der Waals surface area contributed by atoms with Gasteiger partial charge in [-0.05, 0) is 30.7 Å². The van der Waals surface area contributed by atoms with Crippen LogP contribution in [0, 0.1) is 0 Å². The molecule has 0 aliphatic heterocycles. The van der Waals surface area contributed by atoms with Crippen LogP contribution >= 0.6 is 11.3 Å². The van der Waals surface area contributed by atoms with E-state index in [1.165, 1.54) is 0 Å². The minimum atomic E-state index is 0.259. The molecule has 17 heavy (non-hydrogen) atoms. The van der Waals surface area contributed by atoms with Crippen molar-refractivity contribution in [1.29, 1.82) is 0 Å². The molecule has 0 atom stereocenters. The van der Waals surface area contributed by atoms with E-state index < -0.39 is 0 Å². The van der Waals surface area contributed by atoms with E-state index in [1.54, 1.807) is 11.3 Å². The van der Waals surface area contributed by atoms with E-state index in [-0.39, 0.29) is 6.61 Å². The van der Waals surface area contributed by atoms with Crippen LogP contribution < -0.4 is 11.1 Å². The molecule has 2 aromatic rings. The summed E-state index contributed by atoms with van der Waals surface area (Å²) in [6, 6.07) is 2.00. The number of nitrogens with zero attached hydrogens (tertiary/aromatic N) is 2. The van der Waals surface area contributed by atoms with E-state index in [0.717, 1.165) is 41.8 Å². The highest BCUT2D eigenvalue weighted by atomic mass is 32.1. The third-order valence-corrected chi connectivity index (χ3v) is 3.28. The van der Waals surface area contributed by atoms with Gasteiger partial charge in [0.05, 0.1) is 5.39 Å². The number of thiophene rings is 1. The maximum absolute atomic E-state index is 8.68. The highest BCUT2D eigenvalue weighted by Crippen LogP contribution is 2.25. The van der Waals surface area contributed by atoms with Crippen molar-refractivity contribution in [2.45, 2.75) is 19.3 Å². The predicted octanol–water partition coefficient (Wildman–Crippen LogP) is 1.85. The number of nitrogens with one attached hydrogen (secondary N) is 1. The van der Waals surface area contributed by atoms with Gasteiger partial charge >= 0.3 is 0 Å². The van der Waals surface area contributed by atoms with Crippen LogP contribution in [0.2, 0.25) is 0 Å². The van der Waals surface area contributed by atoms with Gasteiger partial charge in [0, 0.05) is 13.2 Å². The molecule has 0 aromatic carbocycles.